The van der Waals surface area contributed by atoms with Crippen molar-refractivity contribution in [3.05, 3.63) is 15.9 Å². The fourth-order valence-electron chi connectivity index (χ4n) is 1.05. The number of ether oxygens (including phenoxy) is 1. The van der Waals surface area contributed by atoms with Gasteiger partial charge in [0.25, 0.3) is 0 Å². The van der Waals surface area contributed by atoms with Crippen LogP contribution < -0.4 is 0 Å². The third-order valence-electron chi connectivity index (χ3n) is 1.91. The number of hydrogen-bond acceptors (Lipinski definition) is 3. The van der Waals surface area contributed by atoms with E-state index < -0.39 is 17.8 Å². The Kier molecular flexibility index (Phi) is 3.61. The highest BCUT2D eigenvalue weighted by Crippen LogP contribution is 2.35. The molecule has 0 saturated carbocycles. The van der Waals surface area contributed by atoms with Gasteiger partial charge in [-0.2, -0.15) is 18.3 Å². The van der Waals surface area contributed by atoms with E-state index in [9.17, 15) is 18.0 Å². The van der Waals surface area contributed by atoms with Crippen LogP contribution in [0, 0.1) is 6.92 Å². The lowest BCUT2D eigenvalue weighted by atomic mass is 10.3. The van der Waals surface area contributed by atoms with Gasteiger partial charge < -0.3 is 4.74 Å². The first-order valence-corrected chi connectivity index (χ1v) is 4.93. The third kappa shape index (κ3) is 2.55. The Morgan fingerprint density at radius 1 is 1.56 bits per heavy atom. The van der Waals surface area contributed by atoms with Crippen LogP contribution in [0.2, 0.25) is 0 Å². The largest absolute Gasteiger partial charge is 0.468 e. The van der Waals surface area contributed by atoms with E-state index in [0.29, 0.717) is 0 Å². The van der Waals surface area contributed by atoms with Gasteiger partial charge in [0.05, 0.1) is 17.3 Å². The predicted molar refractivity (Wildman–Crippen MR) is 51.7 cm³/mol. The average molecular weight is 301 g/mol. The number of esters is 1. The minimum Gasteiger partial charge on any atom is -0.468 e. The molecule has 0 saturated heterocycles. The second-order valence-electron chi connectivity index (χ2n) is 2.98. The summed E-state index contributed by atoms with van der Waals surface area (Å²) in [5, 5.41) is 3.31. The van der Waals surface area contributed by atoms with Crippen molar-refractivity contribution >= 4 is 21.9 Å². The third-order valence-corrected chi connectivity index (χ3v) is 2.86. The SMILES string of the molecule is COC(=O)Cn1nc(C(F)(F)F)c(Br)c1C. The lowest BCUT2D eigenvalue weighted by Gasteiger charge is -2.02. The Morgan fingerprint density at radius 2 is 2.12 bits per heavy atom. The number of nitrogens with zero attached hydrogens (tertiary/aromatic N) is 2. The van der Waals surface area contributed by atoms with Crippen LogP contribution in [0.15, 0.2) is 4.47 Å². The van der Waals surface area contributed by atoms with E-state index in [2.05, 4.69) is 25.8 Å². The molecule has 0 bridgehead atoms. The number of carbonyl (C=O) groups excluding carboxylic acids is 1. The molecular formula is C8H8BrF3N2O2. The number of carbonyl (C=O) groups is 1. The average Bonchev–Trinajstić information content (AvgIpc) is 2.45. The molecule has 90 valence electrons. The molecule has 8 heteroatoms. The number of aromatic nitrogens is 2. The van der Waals surface area contributed by atoms with Crippen LogP contribution in [-0.2, 0) is 22.3 Å². The summed E-state index contributed by atoms with van der Waals surface area (Å²) in [6, 6.07) is 0. The molecule has 0 aliphatic heterocycles. The van der Waals surface area contributed by atoms with Gasteiger partial charge in [-0.3, -0.25) is 9.48 Å². The van der Waals surface area contributed by atoms with Crippen LogP contribution in [-0.4, -0.2) is 22.9 Å². The van der Waals surface area contributed by atoms with Crippen molar-refractivity contribution in [1.82, 2.24) is 9.78 Å². The van der Waals surface area contributed by atoms with E-state index in [1.807, 2.05) is 0 Å². The molecule has 1 heterocycles. The molecule has 0 aliphatic carbocycles. The Hall–Kier alpha value is -1.05. The molecule has 0 aliphatic rings. The number of hydrogen-bond donors (Lipinski definition) is 0. The summed E-state index contributed by atoms with van der Waals surface area (Å²) < 4.78 is 42.4. The maximum atomic E-state index is 12.4. The predicted octanol–water partition coefficient (Wildman–Crippen LogP) is 2.15. The van der Waals surface area contributed by atoms with E-state index in [4.69, 9.17) is 0 Å². The van der Waals surface area contributed by atoms with Crippen LogP contribution >= 0.6 is 15.9 Å². The maximum Gasteiger partial charge on any atom is 0.436 e. The van der Waals surface area contributed by atoms with Gasteiger partial charge >= 0.3 is 12.1 Å². The number of alkyl halides is 3. The number of rotatable bonds is 2. The van der Waals surface area contributed by atoms with Crippen molar-refractivity contribution in [3.63, 3.8) is 0 Å². The molecule has 0 spiro atoms. The first-order chi connectivity index (χ1) is 7.27. The summed E-state index contributed by atoms with van der Waals surface area (Å²) in [6.07, 6.45) is -4.55. The normalized spacial score (nSPS) is 11.6. The van der Waals surface area contributed by atoms with Crippen molar-refractivity contribution in [2.45, 2.75) is 19.6 Å². The highest BCUT2D eigenvalue weighted by atomic mass is 79.9. The standard InChI is InChI=1S/C8H8BrF3N2O2/c1-4-6(9)7(8(10,11)12)13-14(4)3-5(15)16-2/h3H2,1-2H3. The molecule has 0 fully saturated rings. The van der Waals surface area contributed by atoms with Gasteiger partial charge in [-0.25, -0.2) is 0 Å². The topological polar surface area (TPSA) is 44.1 Å². The van der Waals surface area contributed by atoms with Crippen molar-refractivity contribution in [2.75, 3.05) is 7.11 Å². The number of halogens is 4. The molecule has 4 nitrogen and oxygen atoms in total. The maximum absolute atomic E-state index is 12.4. The molecule has 1 rings (SSSR count). The van der Waals surface area contributed by atoms with Crippen LogP contribution in [0.1, 0.15) is 11.4 Å². The van der Waals surface area contributed by atoms with E-state index >= 15 is 0 Å². The Morgan fingerprint density at radius 3 is 2.50 bits per heavy atom. The Balaban J connectivity index is 3.10. The fourth-order valence-corrected chi connectivity index (χ4v) is 1.55. The van der Waals surface area contributed by atoms with Crippen LogP contribution in [0.3, 0.4) is 0 Å². The van der Waals surface area contributed by atoms with Gasteiger partial charge in [-0.1, -0.05) is 0 Å². The molecule has 1 aromatic rings. The molecule has 0 N–H and O–H groups in total. The van der Waals surface area contributed by atoms with Crippen LogP contribution in [0.25, 0.3) is 0 Å². The summed E-state index contributed by atoms with van der Waals surface area (Å²) >= 11 is 2.79. The zero-order chi connectivity index (χ0) is 12.5. The van der Waals surface area contributed by atoms with E-state index in [0.717, 1.165) is 11.8 Å². The summed E-state index contributed by atoms with van der Waals surface area (Å²) in [4.78, 5) is 10.9. The van der Waals surface area contributed by atoms with Crippen molar-refractivity contribution in [2.24, 2.45) is 0 Å². The van der Waals surface area contributed by atoms with Gasteiger partial charge in [0.15, 0.2) is 5.69 Å². The minimum absolute atomic E-state index is 0.163. The quantitative estimate of drug-likeness (QED) is 0.786. The fraction of sp³-hybridized carbons (Fsp3) is 0.500. The zero-order valence-electron chi connectivity index (χ0n) is 8.43. The monoisotopic (exact) mass is 300 g/mol. The summed E-state index contributed by atoms with van der Waals surface area (Å²) in [5.41, 5.74) is -0.827. The van der Waals surface area contributed by atoms with Crippen molar-refractivity contribution in [3.8, 4) is 0 Å². The molecule has 0 amide bonds. The van der Waals surface area contributed by atoms with Crippen LogP contribution in [0.4, 0.5) is 13.2 Å². The molecule has 0 aromatic carbocycles. The van der Waals surface area contributed by atoms with E-state index in [1.54, 1.807) is 0 Å². The van der Waals surface area contributed by atoms with E-state index in [1.165, 1.54) is 6.92 Å². The van der Waals surface area contributed by atoms with Crippen molar-refractivity contribution < 1.29 is 22.7 Å². The second kappa shape index (κ2) is 4.44. The Bertz CT molecular complexity index is 414. The molecule has 0 atom stereocenters. The first kappa shape index (κ1) is 13.0. The number of methoxy groups -OCH3 is 1. The first-order valence-electron chi connectivity index (χ1n) is 4.14. The smallest absolute Gasteiger partial charge is 0.436 e. The van der Waals surface area contributed by atoms with Gasteiger partial charge in [-0.05, 0) is 22.9 Å². The summed E-state index contributed by atoms with van der Waals surface area (Å²) in [6.45, 7) is 1.08. The second-order valence-corrected chi connectivity index (χ2v) is 3.77. The highest BCUT2D eigenvalue weighted by molar-refractivity contribution is 9.10. The zero-order valence-corrected chi connectivity index (χ0v) is 10.0. The lowest BCUT2D eigenvalue weighted by Crippen LogP contribution is -2.15. The molecule has 0 unspecified atom stereocenters. The molecule has 16 heavy (non-hydrogen) atoms. The molecular weight excluding hydrogens is 293 g/mol. The van der Waals surface area contributed by atoms with Gasteiger partial charge in [0.1, 0.15) is 6.54 Å². The minimum atomic E-state index is -4.55. The summed E-state index contributed by atoms with van der Waals surface area (Å²) in [7, 11) is 1.15. The van der Waals surface area contributed by atoms with Gasteiger partial charge in [-0.15, -0.1) is 0 Å². The van der Waals surface area contributed by atoms with Gasteiger partial charge in [0.2, 0.25) is 0 Å². The van der Waals surface area contributed by atoms with Gasteiger partial charge in [0, 0.05) is 0 Å². The van der Waals surface area contributed by atoms with E-state index in [-0.39, 0.29) is 16.7 Å². The summed E-state index contributed by atoms with van der Waals surface area (Å²) in [5.74, 6) is -0.660. The highest BCUT2D eigenvalue weighted by Gasteiger charge is 2.38. The molecule has 0 radical (unpaired) electrons. The molecule has 1 aromatic heterocycles. The lowest BCUT2D eigenvalue weighted by molar-refractivity contribution is -0.144. The Labute approximate surface area is 97.5 Å². The van der Waals surface area contributed by atoms with Crippen LogP contribution in [0.5, 0.6) is 0 Å². The van der Waals surface area contributed by atoms with Crippen molar-refractivity contribution in [1.29, 1.82) is 0 Å².